The number of fused-ring (bicyclic) bond motifs is 1. The molecule has 1 saturated heterocycles. The van der Waals surface area contributed by atoms with Crippen molar-refractivity contribution >= 4 is 52.0 Å². The van der Waals surface area contributed by atoms with Crippen LogP contribution in [0.25, 0.3) is 16.8 Å². The highest BCUT2D eigenvalue weighted by molar-refractivity contribution is 6.39. The van der Waals surface area contributed by atoms with Gasteiger partial charge in [0.1, 0.15) is 17.9 Å². The van der Waals surface area contributed by atoms with E-state index in [1.807, 2.05) is 62.4 Å². The lowest BCUT2D eigenvalue weighted by atomic mass is 10.0. The molecule has 1 fully saturated rings. The van der Waals surface area contributed by atoms with Crippen molar-refractivity contribution in [2.45, 2.75) is 20.5 Å². The van der Waals surface area contributed by atoms with E-state index in [1.54, 1.807) is 30.3 Å². The molecule has 1 N–H and O–H groups in total. The topological polar surface area (TPSA) is 75.7 Å². The average molecular weight is 511 g/mol. The van der Waals surface area contributed by atoms with Crippen molar-refractivity contribution in [1.82, 2.24) is 5.32 Å². The second-order valence-corrected chi connectivity index (χ2v) is 9.20. The second-order valence-electron chi connectivity index (χ2n) is 8.79. The number of aryl methyl sites for hydroxylation is 1. The van der Waals surface area contributed by atoms with Gasteiger partial charge in [-0.25, -0.2) is 9.69 Å². The van der Waals surface area contributed by atoms with Crippen molar-refractivity contribution in [3.05, 3.63) is 112 Å². The average Bonchev–Trinajstić information content (AvgIpc) is 2.88. The number of urea groups is 1. The van der Waals surface area contributed by atoms with Gasteiger partial charge in [0.25, 0.3) is 11.8 Å². The van der Waals surface area contributed by atoms with E-state index in [4.69, 9.17) is 16.3 Å². The molecular formula is C30H23ClN2O4. The molecule has 5 rings (SSSR count). The molecule has 6 nitrogen and oxygen atoms in total. The number of barbiturate groups is 1. The third-order valence-corrected chi connectivity index (χ3v) is 6.74. The van der Waals surface area contributed by atoms with Crippen LogP contribution in [0.3, 0.4) is 0 Å². The van der Waals surface area contributed by atoms with Gasteiger partial charge >= 0.3 is 6.03 Å². The first kappa shape index (κ1) is 24.3. The standard InChI is InChI=1S/C30H23ClN2O4/c1-18-7-5-12-26(19(18)2)33-29(35)24(28(34)32-30(33)36)15-20-13-14-27(25(31)16-20)37-17-22-10-6-9-21-8-3-4-11-23(21)22/h3-16H,17H2,1-2H3,(H,32,34,36)/b24-15+. The highest BCUT2D eigenvalue weighted by Gasteiger charge is 2.37. The van der Waals surface area contributed by atoms with Crippen LogP contribution < -0.4 is 15.0 Å². The third-order valence-electron chi connectivity index (χ3n) is 6.45. The number of amides is 4. The van der Waals surface area contributed by atoms with E-state index in [0.29, 0.717) is 28.6 Å². The van der Waals surface area contributed by atoms with E-state index >= 15 is 0 Å². The highest BCUT2D eigenvalue weighted by atomic mass is 35.5. The zero-order valence-electron chi connectivity index (χ0n) is 20.2. The molecule has 0 unspecified atom stereocenters. The van der Waals surface area contributed by atoms with Crippen LogP contribution in [0.1, 0.15) is 22.3 Å². The van der Waals surface area contributed by atoms with Crippen LogP contribution in [-0.4, -0.2) is 17.8 Å². The number of ether oxygens (including phenoxy) is 1. The molecule has 4 amide bonds. The quantitative estimate of drug-likeness (QED) is 0.250. The highest BCUT2D eigenvalue weighted by Crippen LogP contribution is 2.30. The van der Waals surface area contributed by atoms with Gasteiger partial charge in [-0.15, -0.1) is 0 Å². The van der Waals surface area contributed by atoms with Crippen molar-refractivity contribution in [3.8, 4) is 5.75 Å². The first-order valence-electron chi connectivity index (χ1n) is 11.7. The summed E-state index contributed by atoms with van der Waals surface area (Å²) in [4.78, 5) is 39.4. The Morgan fingerprint density at radius 1 is 0.919 bits per heavy atom. The van der Waals surface area contributed by atoms with Crippen LogP contribution in [0.5, 0.6) is 5.75 Å². The van der Waals surface area contributed by atoms with Crippen molar-refractivity contribution < 1.29 is 19.1 Å². The molecule has 0 radical (unpaired) electrons. The Labute approximate surface area is 219 Å². The fourth-order valence-corrected chi connectivity index (χ4v) is 4.56. The lowest BCUT2D eigenvalue weighted by Crippen LogP contribution is -2.54. The summed E-state index contributed by atoms with van der Waals surface area (Å²) in [5, 5.41) is 4.82. The minimum Gasteiger partial charge on any atom is -0.487 e. The summed E-state index contributed by atoms with van der Waals surface area (Å²) in [6.45, 7) is 4.04. The minimum absolute atomic E-state index is 0.166. The lowest BCUT2D eigenvalue weighted by Gasteiger charge is -2.28. The van der Waals surface area contributed by atoms with E-state index in [-0.39, 0.29) is 5.57 Å². The van der Waals surface area contributed by atoms with Crippen LogP contribution >= 0.6 is 11.6 Å². The van der Waals surface area contributed by atoms with Crippen LogP contribution in [0, 0.1) is 13.8 Å². The number of anilines is 1. The van der Waals surface area contributed by atoms with E-state index in [0.717, 1.165) is 32.4 Å². The molecule has 1 aliphatic heterocycles. The van der Waals surface area contributed by atoms with E-state index < -0.39 is 17.8 Å². The third kappa shape index (κ3) is 4.71. The van der Waals surface area contributed by atoms with Gasteiger partial charge in [-0.05, 0) is 71.1 Å². The Kier molecular flexibility index (Phi) is 6.51. The molecule has 0 aliphatic carbocycles. The van der Waals surface area contributed by atoms with Crippen molar-refractivity contribution in [1.29, 1.82) is 0 Å². The van der Waals surface area contributed by atoms with E-state index in [2.05, 4.69) is 5.32 Å². The van der Waals surface area contributed by atoms with Crippen molar-refractivity contribution in [3.63, 3.8) is 0 Å². The van der Waals surface area contributed by atoms with Crippen molar-refractivity contribution in [2.24, 2.45) is 0 Å². The monoisotopic (exact) mass is 510 g/mol. The number of imide groups is 2. The fraction of sp³-hybridized carbons (Fsp3) is 0.100. The molecule has 0 saturated carbocycles. The first-order valence-corrected chi connectivity index (χ1v) is 12.1. The van der Waals surface area contributed by atoms with Crippen LogP contribution in [0.15, 0.2) is 84.4 Å². The maximum atomic E-state index is 13.3. The van der Waals surface area contributed by atoms with Gasteiger partial charge in [-0.2, -0.15) is 0 Å². The molecule has 0 aromatic heterocycles. The van der Waals surface area contributed by atoms with Gasteiger partial charge in [0.2, 0.25) is 0 Å². The van der Waals surface area contributed by atoms with Gasteiger partial charge in [-0.3, -0.25) is 14.9 Å². The number of benzene rings is 4. The van der Waals surface area contributed by atoms with Crippen LogP contribution in [0.2, 0.25) is 5.02 Å². The largest absolute Gasteiger partial charge is 0.487 e. The summed E-state index contributed by atoms with van der Waals surface area (Å²) >= 11 is 6.49. The molecule has 1 heterocycles. The number of hydrogen-bond acceptors (Lipinski definition) is 4. The molecule has 0 bridgehead atoms. The predicted molar refractivity (Wildman–Crippen MR) is 145 cm³/mol. The minimum atomic E-state index is -0.781. The van der Waals surface area contributed by atoms with Gasteiger partial charge in [0.15, 0.2) is 0 Å². The molecule has 0 atom stereocenters. The Morgan fingerprint density at radius 3 is 2.49 bits per heavy atom. The Morgan fingerprint density at radius 2 is 1.68 bits per heavy atom. The summed E-state index contributed by atoms with van der Waals surface area (Å²) < 4.78 is 5.98. The van der Waals surface area contributed by atoms with Crippen LogP contribution in [-0.2, 0) is 16.2 Å². The maximum Gasteiger partial charge on any atom is 0.335 e. The van der Waals surface area contributed by atoms with Crippen LogP contribution in [0.4, 0.5) is 10.5 Å². The normalized spacial score (nSPS) is 14.8. The van der Waals surface area contributed by atoms with Crippen molar-refractivity contribution in [2.75, 3.05) is 4.90 Å². The first-order chi connectivity index (χ1) is 17.8. The Balaban J connectivity index is 1.39. The molecule has 0 spiro atoms. The second kappa shape index (κ2) is 9.91. The molecule has 7 heteroatoms. The Bertz CT molecular complexity index is 1600. The van der Waals surface area contributed by atoms with Gasteiger partial charge in [-0.1, -0.05) is 72.3 Å². The number of rotatable bonds is 5. The predicted octanol–water partition coefficient (Wildman–Crippen LogP) is 6.36. The molecule has 184 valence electrons. The summed E-state index contributed by atoms with van der Waals surface area (Å²) in [6.07, 6.45) is 1.42. The van der Waals surface area contributed by atoms with Gasteiger partial charge in [0.05, 0.1) is 10.7 Å². The number of carbonyl (C=O) groups is 3. The molecule has 1 aliphatic rings. The zero-order chi connectivity index (χ0) is 26.1. The summed E-state index contributed by atoms with van der Waals surface area (Å²) in [6, 6.07) is 23.7. The summed E-state index contributed by atoms with van der Waals surface area (Å²) in [5.41, 5.74) is 3.51. The summed E-state index contributed by atoms with van der Waals surface area (Å²) in [7, 11) is 0. The number of halogens is 1. The molecule has 37 heavy (non-hydrogen) atoms. The SMILES string of the molecule is Cc1cccc(N2C(=O)NC(=O)/C(=C\c3ccc(OCc4cccc5ccccc45)c(Cl)c3)C2=O)c1C. The maximum absolute atomic E-state index is 13.3. The molecular weight excluding hydrogens is 488 g/mol. The van der Waals surface area contributed by atoms with E-state index in [1.165, 1.54) is 6.08 Å². The number of nitrogens with zero attached hydrogens (tertiary/aromatic N) is 1. The summed E-state index contributed by atoms with van der Waals surface area (Å²) in [5.74, 6) is -0.984. The lowest BCUT2D eigenvalue weighted by molar-refractivity contribution is -0.122. The zero-order valence-corrected chi connectivity index (χ0v) is 21.0. The van der Waals surface area contributed by atoms with E-state index in [9.17, 15) is 14.4 Å². The molecule has 4 aromatic carbocycles. The van der Waals surface area contributed by atoms with Gasteiger partial charge < -0.3 is 4.74 Å². The number of hydrogen-bond donors (Lipinski definition) is 1. The van der Waals surface area contributed by atoms with Gasteiger partial charge in [0, 0.05) is 0 Å². The smallest absolute Gasteiger partial charge is 0.335 e. The number of carbonyl (C=O) groups excluding carboxylic acids is 3. The molecule has 4 aromatic rings. The fourth-order valence-electron chi connectivity index (χ4n) is 4.32. The Hall–Kier alpha value is -4.42. The number of nitrogens with one attached hydrogen (secondary N) is 1.